The van der Waals surface area contributed by atoms with E-state index in [4.69, 9.17) is 17.3 Å². The van der Waals surface area contributed by atoms with E-state index in [9.17, 15) is 0 Å². The number of nitrogens with one attached hydrogen (secondary N) is 1. The van der Waals surface area contributed by atoms with Crippen LogP contribution in [-0.2, 0) is 0 Å². The normalized spacial score (nSPS) is 10.5. The van der Waals surface area contributed by atoms with Gasteiger partial charge in [0.2, 0.25) is 0 Å². The van der Waals surface area contributed by atoms with Crippen molar-refractivity contribution in [1.29, 1.82) is 0 Å². The first-order valence-corrected chi connectivity index (χ1v) is 4.15. The van der Waals surface area contributed by atoms with Gasteiger partial charge in [-0.3, -0.25) is 5.10 Å². The van der Waals surface area contributed by atoms with Crippen LogP contribution in [0.4, 0.5) is 5.82 Å². The van der Waals surface area contributed by atoms with Gasteiger partial charge in [0.05, 0.1) is 5.52 Å². The van der Waals surface area contributed by atoms with Crippen LogP contribution < -0.4 is 5.73 Å². The predicted molar refractivity (Wildman–Crippen MR) is 55.6 cm³/mol. The molecule has 66 valence electrons. The van der Waals surface area contributed by atoms with Gasteiger partial charge in [-0.15, -0.1) is 0 Å². The van der Waals surface area contributed by atoms with Gasteiger partial charge in [-0.1, -0.05) is 24.3 Å². The minimum absolute atomic E-state index is 0.481. The van der Waals surface area contributed by atoms with E-state index in [1.54, 1.807) is 12.1 Å². The van der Waals surface area contributed by atoms with Crippen molar-refractivity contribution in [3.63, 3.8) is 0 Å². The molecule has 0 unspecified atom stereocenters. The fourth-order valence-electron chi connectivity index (χ4n) is 1.23. The minimum Gasteiger partial charge on any atom is -0.382 e. The van der Waals surface area contributed by atoms with Gasteiger partial charge in [-0.25, -0.2) is 0 Å². The number of anilines is 1. The van der Waals surface area contributed by atoms with Crippen molar-refractivity contribution in [2.24, 2.45) is 0 Å². The molecule has 0 amide bonds. The molecule has 2 aromatic rings. The van der Waals surface area contributed by atoms with Crippen LogP contribution in [0.1, 0.15) is 5.56 Å². The van der Waals surface area contributed by atoms with Gasteiger partial charge in [0.1, 0.15) is 0 Å². The number of halogens is 1. The zero-order valence-electron chi connectivity index (χ0n) is 6.84. The summed E-state index contributed by atoms with van der Waals surface area (Å²) in [6.45, 7) is 3.66. The van der Waals surface area contributed by atoms with E-state index in [-0.39, 0.29) is 0 Å². The van der Waals surface area contributed by atoms with Crippen LogP contribution in [0, 0.1) is 0 Å². The predicted octanol–water partition coefficient (Wildman–Crippen LogP) is 2.44. The fourth-order valence-corrected chi connectivity index (χ4v) is 1.47. The second-order valence-corrected chi connectivity index (χ2v) is 3.14. The monoisotopic (exact) mass is 193 g/mol. The third-order valence-electron chi connectivity index (χ3n) is 1.93. The number of aromatic nitrogens is 2. The lowest BCUT2D eigenvalue weighted by Crippen LogP contribution is -1.84. The number of nitrogens with two attached hydrogens (primary N) is 1. The average Bonchev–Trinajstić information content (AvgIpc) is 2.46. The van der Waals surface area contributed by atoms with Crippen LogP contribution >= 0.6 is 11.6 Å². The molecule has 0 saturated carbocycles. The summed E-state index contributed by atoms with van der Waals surface area (Å²) < 4.78 is 0. The number of hydrogen-bond donors (Lipinski definition) is 2. The molecule has 2 rings (SSSR count). The lowest BCUT2D eigenvalue weighted by atomic mass is 10.1. The second-order valence-electron chi connectivity index (χ2n) is 2.73. The maximum Gasteiger partial charge on any atom is 0.153 e. The van der Waals surface area contributed by atoms with Crippen LogP contribution in [0.25, 0.3) is 17.0 Å². The summed E-state index contributed by atoms with van der Waals surface area (Å²) in [7, 11) is 0. The van der Waals surface area contributed by atoms with Crippen LogP contribution in [0.3, 0.4) is 0 Å². The van der Waals surface area contributed by atoms with Crippen molar-refractivity contribution >= 4 is 34.4 Å². The Hall–Kier alpha value is -1.48. The van der Waals surface area contributed by atoms with E-state index in [0.29, 0.717) is 10.8 Å². The number of fused-ring (bicyclic) bond motifs is 1. The molecule has 1 aromatic heterocycles. The van der Waals surface area contributed by atoms with E-state index in [1.807, 2.05) is 6.07 Å². The summed E-state index contributed by atoms with van der Waals surface area (Å²) in [5.41, 5.74) is 7.33. The fraction of sp³-hybridized carbons (Fsp3) is 0. The average molecular weight is 194 g/mol. The highest BCUT2D eigenvalue weighted by molar-refractivity contribution is 6.32. The van der Waals surface area contributed by atoms with Gasteiger partial charge in [0.25, 0.3) is 0 Å². The number of nitrogen functional groups attached to an aromatic ring is 1. The SMILES string of the molecule is C=Cc1cc2c(N)n[nH]c2cc1Cl. The molecule has 0 aliphatic carbocycles. The summed E-state index contributed by atoms with van der Waals surface area (Å²) in [5, 5.41) is 8.18. The number of H-pyrrole nitrogens is 1. The van der Waals surface area contributed by atoms with Gasteiger partial charge >= 0.3 is 0 Å². The van der Waals surface area contributed by atoms with Crippen LogP contribution in [-0.4, -0.2) is 10.2 Å². The second kappa shape index (κ2) is 2.78. The molecule has 0 radical (unpaired) electrons. The van der Waals surface area contributed by atoms with Crippen molar-refractivity contribution in [1.82, 2.24) is 10.2 Å². The lowest BCUT2D eigenvalue weighted by Gasteiger charge is -1.97. The molecule has 3 nitrogen and oxygen atoms in total. The molecule has 0 bridgehead atoms. The first kappa shape index (κ1) is 8.13. The lowest BCUT2D eigenvalue weighted by molar-refractivity contribution is 1.13. The third-order valence-corrected chi connectivity index (χ3v) is 2.26. The maximum absolute atomic E-state index is 5.95. The van der Waals surface area contributed by atoms with Crippen molar-refractivity contribution in [3.8, 4) is 0 Å². The highest BCUT2D eigenvalue weighted by Gasteiger charge is 2.05. The zero-order chi connectivity index (χ0) is 9.42. The Bertz CT molecular complexity index is 473. The standard InChI is InChI=1S/C9H8ClN3/c1-2-5-3-6-8(4-7(5)10)12-13-9(6)11/h2-4H,1H2,(H3,11,12,13). The molecule has 0 fully saturated rings. The number of nitrogens with zero attached hydrogens (tertiary/aromatic N) is 1. The summed E-state index contributed by atoms with van der Waals surface area (Å²) in [6, 6.07) is 3.65. The Morgan fingerprint density at radius 2 is 2.31 bits per heavy atom. The van der Waals surface area contributed by atoms with Gasteiger partial charge < -0.3 is 5.73 Å². The van der Waals surface area contributed by atoms with Gasteiger partial charge in [0, 0.05) is 10.4 Å². The molecule has 0 saturated heterocycles. The molecule has 0 aliphatic heterocycles. The van der Waals surface area contributed by atoms with Crippen LogP contribution in [0.5, 0.6) is 0 Å². The largest absolute Gasteiger partial charge is 0.382 e. The Morgan fingerprint density at radius 3 is 3.00 bits per heavy atom. The Labute approximate surface area is 80.2 Å². The molecule has 3 N–H and O–H groups in total. The maximum atomic E-state index is 5.95. The highest BCUT2D eigenvalue weighted by Crippen LogP contribution is 2.26. The molecule has 0 atom stereocenters. The Balaban J connectivity index is 2.84. The molecule has 0 aliphatic rings. The van der Waals surface area contributed by atoms with E-state index in [0.717, 1.165) is 16.5 Å². The Morgan fingerprint density at radius 1 is 1.54 bits per heavy atom. The minimum atomic E-state index is 0.481. The van der Waals surface area contributed by atoms with Gasteiger partial charge in [-0.2, -0.15) is 5.10 Å². The summed E-state index contributed by atoms with van der Waals surface area (Å²) in [4.78, 5) is 0. The van der Waals surface area contributed by atoms with E-state index in [1.165, 1.54) is 0 Å². The first-order valence-electron chi connectivity index (χ1n) is 3.78. The van der Waals surface area contributed by atoms with Crippen molar-refractivity contribution in [3.05, 3.63) is 29.3 Å². The molecule has 1 aromatic carbocycles. The molecule has 4 heteroatoms. The van der Waals surface area contributed by atoms with Gasteiger partial charge in [0.15, 0.2) is 5.82 Å². The van der Waals surface area contributed by atoms with Gasteiger partial charge in [-0.05, 0) is 17.7 Å². The van der Waals surface area contributed by atoms with Crippen LogP contribution in [0.2, 0.25) is 5.02 Å². The third kappa shape index (κ3) is 1.17. The van der Waals surface area contributed by atoms with E-state index < -0.39 is 0 Å². The molecular weight excluding hydrogens is 186 g/mol. The number of hydrogen-bond acceptors (Lipinski definition) is 2. The molecular formula is C9H8ClN3. The number of aromatic amines is 1. The van der Waals surface area contributed by atoms with Crippen molar-refractivity contribution < 1.29 is 0 Å². The van der Waals surface area contributed by atoms with Crippen molar-refractivity contribution in [2.75, 3.05) is 5.73 Å². The summed E-state index contributed by atoms with van der Waals surface area (Å²) in [6.07, 6.45) is 1.69. The molecule has 13 heavy (non-hydrogen) atoms. The van der Waals surface area contributed by atoms with E-state index >= 15 is 0 Å². The van der Waals surface area contributed by atoms with E-state index in [2.05, 4.69) is 16.8 Å². The van der Waals surface area contributed by atoms with Crippen molar-refractivity contribution in [2.45, 2.75) is 0 Å². The molecule has 0 spiro atoms. The number of benzene rings is 1. The van der Waals surface area contributed by atoms with Crippen LogP contribution in [0.15, 0.2) is 18.7 Å². The summed E-state index contributed by atoms with van der Waals surface area (Å²) >= 11 is 5.95. The zero-order valence-corrected chi connectivity index (χ0v) is 7.60. The number of rotatable bonds is 1. The smallest absolute Gasteiger partial charge is 0.153 e. The summed E-state index contributed by atoms with van der Waals surface area (Å²) in [5.74, 6) is 0.481. The molecule has 1 heterocycles. The first-order chi connectivity index (χ1) is 6.22. The Kier molecular flexibility index (Phi) is 1.74. The highest BCUT2D eigenvalue weighted by atomic mass is 35.5. The topological polar surface area (TPSA) is 54.7 Å². The quantitative estimate of drug-likeness (QED) is 0.731.